The van der Waals surface area contributed by atoms with Crippen LogP contribution in [0.25, 0.3) is 0 Å². The largest absolute Gasteiger partial charge is 0.295 e. The zero-order valence-electron chi connectivity index (χ0n) is 7.69. The van der Waals surface area contributed by atoms with Crippen LogP contribution in [0.5, 0.6) is 0 Å². The summed E-state index contributed by atoms with van der Waals surface area (Å²) in [6, 6.07) is 1.75. The maximum atomic E-state index is 10.6. The fourth-order valence-corrected chi connectivity index (χ4v) is 1.60. The minimum absolute atomic E-state index is 0.203. The van der Waals surface area contributed by atoms with Crippen LogP contribution in [0, 0.1) is 20.2 Å². The van der Waals surface area contributed by atoms with Crippen LogP contribution < -0.4 is 0 Å². The SMILES string of the molecule is O=[N+]([O-])c1cc(C(Cl)(Cl)Cl)cc([N+](=O)[O-])c1Cl. The summed E-state index contributed by atoms with van der Waals surface area (Å²) in [7, 11) is 0. The van der Waals surface area contributed by atoms with Crippen LogP contribution in [0.2, 0.25) is 5.02 Å². The van der Waals surface area contributed by atoms with Crippen molar-refractivity contribution < 1.29 is 9.85 Å². The van der Waals surface area contributed by atoms with E-state index in [-0.39, 0.29) is 5.56 Å². The number of nitro groups is 2. The normalized spacial score (nSPS) is 11.3. The number of nitro benzene ring substituents is 2. The van der Waals surface area contributed by atoms with Gasteiger partial charge in [0.05, 0.1) is 9.85 Å². The molecule has 0 aliphatic carbocycles. The summed E-state index contributed by atoms with van der Waals surface area (Å²) in [6.07, 6.45) is 0. The first-order chi connectivity index (χ1) is 7.64. The maximum absolute atomic E-state index is 10.6. The Morgan fingerprint density at radius 1 is 1.00 bits per heavy atom. The molecule has 0 amide bonds. The fourth-order valence-electron chi connectivity index (χ4n) is 1.02. The number of hydrogen-bond acceptors (Lipinski definition) is 4. The minimum atomic E-state index is -2.01. The molecule has 0 saturated heterocycles. The summed E-state index contributed by atoms with van der Waals surface area (Å²) in [5.41, 5.74) is -1.59. The van der Waals surface area contributed by atoms with Crippen LogP contribution in [0.15, 0.2) is 12.1 Å². The third kappa shape index (κ3) is 3.10. The summed E-state index contributed by atoms with van der Waals surface area (Å²) in [4.78, 5) is 19.5. The van der Waals surface area contributed by atoms with E-state index in [1.54, 1.807) is 0 Å². The number of rotatable bonds is 2. The van der Waals surface area contributed by atoms with Crippen LogP contribution in [0.3, 0.4) is 0 Å². The molecule has 0 heterocycles. The van der Waals surface area contributed by atoms with Gasteiger partial charge >= 0.3 is 0 Å². The Balaban J connectivity index is 3.59. The second kappa shape index (κ2) is 4.81. The van der Waals surface area contributed by atoms with Crippen molar-refractivity contribution in [2.75, 3.05) is 0 Å². The van der Waals surface area contributed by atoms with Crippen molar-refractivity contribution in [2.45, 2.75) is 3.79 Å². The smallest absolute Gasteiger partial charge is 0.258 e. The molecule has 92 valence electrons. The lowest BCUT2D eigenvalue weighted by atomic mass is 10.2. The first kappa shape index (κ1) is 14.2. The summed E-state index contributed by atoms with van der Waals surface area (Å²) < 4.78 is -2.01. The number of nitrogens with zero attached hydrogens (tertiary/aromatic N) is 2. The Bertz CT molecular complexity index is 464. The molecule has 0 atom stereocenters. The molecule has 0 aromatic heterocycles. The topological polar surface area (TPSA) is 86.3 Å². The highest BCUT2D eigenvalue weighted by Crippen LogP contribution is 2.44. The van der Waals surface area contributed by atoms with Crippen molar-refractivity contribution in [3.63, 3.8) is 0 Å². The molecule has 0 fully saturated rings. The van der Waals surface area contributed by atoms with Crippen LogP contribution in [-0.4, -0.2) is 9.85 Å². The van der Waals surface area contributed by atoms with Gasteiger partial charge in [0, 0.05) is 17.7 Å². The molecular formula is C7H2Cl4N2O4. The molecule has 1 rings (SSSR count). The highest BCUT2D eigenvalue weighted by atomic mass is 35.6. The number of benzene rings is 1. The third-order valence-corrected chi connectivity index (χ3v) is 2.80. The van der Waals surface area contributed by atoms with Crippen molar-refractivity contribution in [3.8, 4) is 0 Å². The van der Waals surface area contributed by atoms with Gasteiger partial charge in [-0.2, -0.15) is 0 Å². The minimum Gasteiger partial charge on any atom is -0.258 e. The van der Waals surface area contributed by atoms with E-state index in [2.05, 4.69) is 0 Å². The van der Waals surface area contributed by atoms with Gasteiger partial charge in [-0.05, 0) is 0 Å². The van der Waals surface area contributed by atoms with Gasteiger partial charge in [0.25, 0.3) is 11.4 Å². The van der Waals surface area contributed by atoms with Crippen molar-refractivity contribution in [2.24, 2.45) is 0 Å². The molecule has 0 saturated carbocycles. The zero-order valence-corrected chi connectivity index (χ0v) is 10.7. The summed E-state index contributed by atoms with van der Waals surface area (Å²) in [5.74, 6) is 0. The van der Waals surface area contributed by atoms with E-state index in [1.165, 1.54) is 0 Å². The van der Waals surface area contributed by atoms with E-state index in [0.29, 0.717) is 0 Å². The Morgan fingerprint density at radius 3 is 1.59 bits per heavy atom. The van der Waals surface area contributed by atoms with E-state index in [4.69, 9.17) is 46.4 Å². The van der Waals surface area contributed by atoms with Gasteiger partial charge in [0.1, 0.15) is 0 Å². The summed E-state index contributed by atoms with van der Waals surface area (Å²) >= 11 is 22.0. The summed E-state index contributed by atoms with van der Waals surface area (Å²) in [5, 5.41) is 20.7. The Hall–Kier alpha value is -0.820. The van der Waals surface area contributed by atoms with Crippen molar-refractivity contribution >= 4 is 57.8 Å². The molecule has 0 radical (unpaired) electrons. The van der Waals surface area contributed by atoms with Gasteiger partial charge in [-0.3, -0.25) is 20.2 Å². The quantitative estimate of drug-likeness (QED) is 0.468. The molecule has 0 spiro atoms. The average Bonchev–Trinajstić information content (AvgIpc) is 2.14. The van der Waals surface area contributed by atoms with Crippen LogP contribution in [-0.2, 0) is 3.79 Å². The molecule has 0 N–H and O–H groups in total. The van der Waals surface area contributed by atoms with Gasteiger partial charge in [-0.25, -0.2) is 0 Å². The highest BCUT2D eigenvalue weighted by Gasteiger charge is 2.32. The van der Waals surface area contributed by atoms with Crippen LogP contribution >= 0.6 is 46.4 Å². The van der Waals surface area contributed by atoms with E-state index in [1.807, 2.05) is 0 Å². The Kier molecular flexibility index (Phi) is 4.03. The average molecular weight is 320 g/mol. The molecular weight excluding hydrogens is 318 g/mol. The van der Waals surface area contributed by atoms with Gasteiger partial charge in [0.2, 0.25) is 3.79 Å². The van der Waals surface area contributed by atoms with E-state index in [9.17, 15) is 20.2 Å². The summed E-state index contributed by atoms with van der Waals surface area (Å²) in [6.45, 7) is 0. The highest BCUT2D eigenvalue weighted by molar-refractivity contribution is 6.66. The zero-order chi connectivity index (χ0) is 13.4. The molecule has 10 heteroatoms. The van der Waals surface area contributed by atoms with Gasteiger partial charge in [-0.1, -0.05) is 46.4 Å². The Labute approximate surface area is 114 Å². The number of alkyl halides is 3. The first-order valence-corrected chi connectivity index (χ1v) is 5.35. The fraction of sp³-hybridized carbons (Fsp3) is 0.143. The van der Waals surface area contributed by atoms with E-state index < -0.39 is 30.0 Å². The molecule has 0 aliphatic rings. The number of hydrogen-bond donors (Lipinski definition) is 0. The van der Waals surface area contributed by atoms with Crippen LogP contribution in [0.4, 0.5) is 11.4 Å². The lowest BCUT2D eigenvalue weighted by molar-refractivity contribution is -0.394. The van der Waals surface area contributed by atoms with Crippen molar-refractivity contribution in [1.82, 2.24) is 0 Å². The monoisotopic (exact) mass is 318 g/mol. The molecule has 17 heavy (non-hydrogen) atoms. The molecule has 0 unspecified atom stereocenters. The van der Waals surface area contributed by atoms with Gasteiger partial charge in [0.15, 0.2) is 5.02 Å². The lowest BCUT2D eigenvalue weighted by Crippen LogP contribution is -2.04. The van der Waals surface area contributed by atoms with Crippen LogP contribution in [0.1, 0.15) is 5.56 Å². The van der Waals surface area contributed by atoms with Gasteiger partial charge in [-0.15, -0.1) is 0 Å². The first-order valence-electron chi connectivity index (χ1n) is 3.84. The maximum Gasteiger partial charge on any atom is 0.295 e. The van der Waals surface area contributed by atoms with Crippen molar-refractivity contribution in [3.05, 3.63) is 42.9 Å². The molecule has 1 aromatic carbocycles. The van der Waals surface area contributed by atoms with Crippen molar-refractivity contribution in [1.29, 1.82) is 0 Å². The standard InChI is InChI=1S/C7H2Cl4N2O4/c8-6-4(12(14)15)1-3(7(9,10)11)2-5(6)13(16)17/h1-2H. The van der Waals surface area contributed by atoms with E-state index in [0.717, 1.165) is 12.1 Å². The Morgan fingerprint density at radius 2 is 1.35 bits per heavy atom. The molecule has 1 aromatic rings. The molecule has 6 nitrogen and oxygen atoms in total. The lowest BCUT2D eigenvalue weighted by Gasteiger charge is -2.11. The molecule has 0 aliphatic heterocycles. The van der Waals surface area contributed by atoms with Gasteiger partial charge < -0.3 is 0 Å². The third-order valence-electron chi connectivity index (χ3n) is 1.75. The second-order valence-electron chi connectivity index (χ2n) is 2.84. The second-order valence-corrected chi connectivity index (χ2v) is 5.50. The molecule has 0 bridgehead atoms. The predicted molar refractivity (Wildman–Crippen MR) is 64.0 cm³/mol. The predicted octanol–water partition coefficient (Wildman–Crippen LogP) is 3.98. The number of halogens is 4. The van der Waals surface area contributed by atoms with E-state index >= 15 is 0 Å².